The fraction of sp³-hybridized carbons (Fsp3) is 0.188. The van der Waals surface area contributed by atoms with Crippen LogP contribution >= 0.6 is 15.9 Å². The average Bonchev–Trinajstić information content (AvgIpc) is 3.69. The van der Waals surface area contributed by atoms with E-state index in [1.807, 2.05) is 6.07 Å². The number of hydrogen-bond donors (Lipinski definition) is 0. The van der Waals surface area contributed by atoms with Gasteiger partial charge in [-0.3, -0.25) is 19.2 Å². The van der Waals surface area contributed by atoms with Crippen LogP contribution in [0.5, 0.6) is 17.2 Å². The molecule has 9 nitrogen and oxygen atoms in total. The molecule has 0 saturated carbocycles. The Morgan fingerprint density at radius 2 is 1.67 bits per heavy atom. The van der Waals surface area contributed by atoms with Crippen LogP contribution in [-0.2, 0) is 9.59 Å². The lowest BCUT2D eigenvalue weighted by Gasteiger charge is -2.33. The molecule has 7 rings (SSSR count). The van der Waals surface area contributed by atoms with Crippen molar-refractivity contribution in [2.45, 2.75) is 12.1 Å². The third kappa shape index (κ3) is 3.97. The molecular formula is C32H23BrN2O7. The number of carbonyl (C=O) groups is 4. The van der Waals surface area contributed by atoms with Crippen LogP contribution < -0.4 is 19.1 Å². The van der Waals surface area contributed by atoms with Crippen molar-refractivity contribution in [3.63, 3.8) is 0 Å². The maximum atomic E-state index is 14.1. The summed E-state index contributed by atoms with van der Waals surface area (Å²) in [6.07, 6.45) is 5.01. The summed E-state index contributed by atoms with van der Waals surface area (Å²) in [5.41, 5.74) is 1.59. The maximum Gasteiger partial charge on any atom is 0.240 e. The largest absolute Gasteiger partial charge is 0.496 e. The lowest BCUT2D eigenvalue weighted by atomic mass is 9.85. The van der Waals surface area contributed by atoms with Gasteiger partial charge in [-0.2, -0.15) is 0 Å². The van der Waals surface area contributed by atoms with E-state index in [9.17, 15) is 19.2 Å². The van der Waals surface area contributed by atoms with E-state index in [0.29, 0.717) is 44.1 Å². The van der Waals surface area contributed by atoms with E-state index in [1.54, 1.807) is 83.9 Å². The van der Waals surface area contributed by atoms with Crippen molar-refractivity contribution in [3.05, 3.63) is 106 Å². The first-order valence-corrected chi connectivity index (χ1v) is 14.1. The number of rotatable bonds is 6. The topological polar surface area (TPSA) is 102 Å². The zero-order valence-corrected chi connectivity index (χ0v) is 23.8. The van der Waals surface area contributed by atoms with E-state index >= 15 is 0 Å². The van der Waals surface area contributed by atoms with Crippen molar-refractivity contribution in [2.75, 3.05) is 18.8 Å². The molecule has 0 aromatic heterocycles. The number of anilines is 1. The number of carbonyl (C=O) groups excluding carboxylic acids is 4. The lowest BCUT2D eigenvalue weighted by molar-refractivity contribution is -0.123. The molecule has 0 bridgehead atoms. The molecule has 0 radical (unpaired) electrons. The molecular weight excluding hydrogens is 604 g/mol. The van der Waals surface area contributed by atoms with E-state index in [-0.39, 0.29) is 18.4 Å². The number of ketones is 2. The van der Waals surface area contributed by atoms with E-state index in [1.165, 1.54) is 7.11 Å². The molecule has 2 amide bonds. The van der Waals surface area contributed by atoms with Crippen molar-refractivity contribution in [2.24, 2.45) is 11.8 Å². The molecule has 4 aliphatic rings. The molecule has 3 aromatic carbocycles. The highest BCUT2D eigenvalue weighted by Crippen LogP contribution is 2.48. The van der Waals surface area contributed by atoms with Crippen molar-refractivity contribution in [3.8, 4) is 17.2 Å². The Morgan fingerprint density at radius 1 is 0.905 bits per heavy atom. The summed E-state index contributed by atoms with van der Waals surface area (Å²) in [4.78, 5) is 58.5. The Kier molecular flexibility index (Phi) is 6.23. The highest BCUT2D eigenvalue weighted by atomic mass is 79.9. The van der Waals surface area contributed by atoms with Crippen molar-refractivity contribution in [1.82, 2.24) is 4.90 Å². The number of nitrogens with zero attached hydrogens (tertiary/aromatic N) is 2. The fourth-order valence-electron chi connectivity index (χ4n) is 6.22. The van der Waals surface area contributed by atoms with Crippen LogP contribution in [0.4, 0.5) is 5.69 Å². The average molecular weight is 627 g/mol. The first kappa shape index (κ1) is 26.2. The number of allylic oxidation sites excluding steroid dienone is 2. The molecule has 4 atom stereocenters. The van der Waals surface area contributed by atoms with Crippen LogP contribution in [0.25, 0.3) is 0 Å². The monoisotopic (exact) mass is 626 g/mol. The molecule has 3 aromatic rings. The summed E-state index contributed by atoms with van der Waals surface area (Å²) < 4.78 is 16.8. The summed E-state index contributed by atoms with van der Waals surface area (Å²) in [6.45, 7) is 0.0479. The highest BCUT2D eigenvalue weighted by Gasteiger charge is 2.63. The van der Waals surface area contributed by atoms with Gasteiger partial charge in [0.25, 0.3) is 0 Å². The van der Waals surface area contributed by atoms with E-state index in [4.69, 9.17) is 14.2 Å². The number of amides is 2. The van der Waals surface area contributed by atoms with Gasteiger partial charge in [0.1, 0.15) is 11.8 Å². The van der Waals surface area contributed by atoms with Gasteiger partial charge in [-0.1, -0.05) is 36.4 Å². The minimum Gasteiger partial charge on any atom is -0.496 e. The van der Waals surface area contributed by atoms with Gasteiger partial charge in [0.05, 0.1) is 35.1 Å². The number of imide groups is 1. The van der Waals surface area contributed by atoms with Gasteiger partial charge in [0, 0.05) is 29.0 Å². The molecule has 42 heavy (non-hydrogen) atoms. The third-order valence-corrected chi connectivity index (χ3v) is 8.79. The van der Waals surface area contributed by atoms with Crippen LogP contribution in [0.1, 0.15) is 20.7 Å². The summed E-state index contributed by atoms with van der Waals surface area (Å²) in [7, 11) is 1.53. The van der Waals surface area contributed by atoms with Crippen molar-refractivity contribution < 1.29 is 33.4 Å². The van der Waals surface area contributed by atoms with Crippen LogP contribution in [0.3, 0.4) is 0 Å². The lowest BCUT2D eigenvalue weighted by Crippen LogP contribution is -2.46. The Morgan fingerprint density at radius 3 is 2.43 bits per heavy atom. The summed E-state index contributed by atoms with van der Waals surface area (Å²) in [5, 5.41) is 0. The summed E-state index contributed by atoms with van der Waals surface area (Å²) in [6, 6.07) is 17.0. The molecule has 0 unspecified atom stereocenters. The van der Waals surface area contributed by atoms with Gasteiger partial charge >= 0.3 is 0 Å². The molecule has 10 heteroatoms. The quantitative estimate of drug-likeness (QED) is 0.290. The molecule has 2 saturated heterocycles. The second-order valence-corrected chi connectivity index (χ2v) is 11.2. The zero-order valence-electron chi connectivity index (χ0n) is 22.2. The van der Waals surface area contributed by atoms with Gasteiger partial charge in [0.15, 0.2) is 23.1 Å². The third-order valence-electron chi connectivity index (χ3n) is 8.17. The summed E-state index contributed by atoms with van der Waals surface area (Å²) in [5.74, 6) is -1.81. The molecule has 0 aliphatic carbocycles. The molecule has 0 N–H and O–H groups in total. The Bertz CT molecular complexity index is 1730. The second-order valence-electron chi connectivity index (χ2n) is 10.3. The second kappa shape index (κ2) is 9.99. The molecule has 4 aliphatic heterocycles. The summed E-state index contributed by atoms with van der Waals surface area (Å²) >= 11 is 3.44. The van der Waals surface area contributed by atoms with Gasteiger partial charge in [-0.25, -0.2) is 4.90 Å². The Labute approximate surface area is 249 Å². The molecule has 4 heterocycles. The Hall–Kier alpha value is -4.70. The number of hydrogen-bond acceptors (Lipinski definition) is 8. The van der Waals surface area contributed by atoms with Gasteiger partial charge < -0.3 is 19.1 Å². The van der Waals surface area contributed by atoms with Crippen LogP contribution in [-0.4, -0.2) is 54.3 Å². The van der Waals surface area contributed by atoms with Crippen molar-refractivity contribution >= 4 is 45.0 Å². The van der Waals surface area contributed by atoms with Crippen LogP contribution in [0.15, 0.2) is 95.1 Å². The van der Waals surface area contributed by atoms with Crippen molar-refractivity contribution in [1.29, 1.82) is 0 Å². The molecule has 0 spiro atoms. The maximum absolute atomic E-state index is 14.1. The SMILES string of the molecule is COc1ccc(C(=O)[C@@H]2[C@@H]3C(=O)N(c4ccc5c(c4)OCO5)C(=O)[C@@H]3[C@@H]3C=C(C(=O)c4ccccc4)C=CN23)cc1Br. The first-order valence-electron chi connectivity index (χ1n) is 13.3. The van der Waals surface area contributed by atoms with Gasteiger partial charge in [-0.15, -0.1) is 0 Å². The number of methoxy groups -OCH3 is 1. The van der Waals surface area contributed by atoms with Crippen LogP contribution in [0, 0.1) is 11.8 Å². The molecule has 210 valence electrons. The van der Waals surface area contributed by atoms with E-state index in [0.717, 1.165) is 4.90 Å². The predicted molar refractivity (Wildman–Crippen MR) is 154 cm³/mol. The fourth-order valence-corrected chi connectivity index (χ4v) is 6.76. The Balaban J connectivity index is 1.31. The smallest absolute Gasteiger partial charge is 0.240 e. The number of ether oxygens (including phenoxy) is 3. The zero-order chi connectivity index (χ0) is 29.1. The van der Waals surface area contributed by atoms with Gasteiger partial charge in [-0.05, 0) is 52.3 Å². The van der Waals surface area contributed by atoms with E-state index in [2.05, 4.69) is 15.9 Å². The molecule has 2 fully saturated rings. The standard InChI is InChI=1S/C32H23BrN2O7/c1-40-23-9-7-18(13-21(23)33)30(37)28-27-26(22-14-19(11-12-34(22)28)29(36)17-5-3-2-4-6-17)31(38)35(32(27)39)20-8-10-24-25(15-20)42-16-41-24/h2-15,22,26-28H,16H2,1H3/t22-,26+,27+,28-/m0/s1. The highest BCUT2D eigenvalue weighted by molar-refractivity contribution is 9.10. The van der Waals surface area contributed by atoms with Crippen LogP contribution in [0.2, 0.25) is 0 Å². The number of benzene rings is 3. The first-order chi connectivity index (χ1) is 20.4. The normalized spacial score (nSPS) is 23.5. The number of halogens is 1. The van der Waals surface area contributed by atoms with Gasteiger partial charge in [0.2, 0.25) is 18.6 Å². The minimum absolute atomic E-state index is 0.0479. The predicted octanol–water partition coefficient (Wildman–Crippen LogP) is 4.56. The minimum atomic E-state index is -0.978. The van der Waals surface area contributed by atoms with E-state index < -0.39 is 35.7 Å². The number of Topliss-reactive ketones (excluding diaryl/α,β-unsaturated/α-hetero) is 2. The number of fused-ring (bicyclic) bond motifs is 4.